The maximum absolute atomic E-state index is 13.0. The monoisotopic (exact) mass is 355 g/mol. The van der Waals surface area contributed by atoms with Gasteiger partial charge in [0.05, 0.1) is 16.9 Å². The van der Waals surface area contributed by atoms with Gasteiger partial charge in [-0.3, -0.25) is 14.6 Å². The van der Waals surface area contributed by atoms with Crippen LogP contribution in [0.1, 0.15) is 32.1 Å². The fraction of sp³-hybridized carbons (Fsp3) is 0.588. The first-order valence-electron chi connectivity index (χ1n) is 8.24. The Balaban J connectivity index is 2.26. The zero-order valence-corrected chi connectivity index (χ0v) is 14.2. The van der Waals surface area contributed by atoms with E-state index in [1.807, 2.05) is 0 Å². The van der Waals surface area contributed by atoms with Crippen molar-refractivity contribution in [3.8, 4) is 0 Å². The van der Waals surface area contributed by atoms with Crippen molar-refractivity contribution in [2.75, 3.05) is 13.7 Å². The number of allylic oxidation sites excluding steroid dienone is 2. The van der Waals surface area contributed by atoms with Gasteiger partial charge in [-0.15, -0.1) is 0 Å². The van der Waals surface area contributed by atoms with Gasteiger partial charge in [-0.1, -0.05) is 0 Å². The van der Waals surface area contributed by atoms with Crippen LogP contribution in [0.25, 0.3) is 0 Å². The maximum Gasteiger partial charge on any atom is 0.252 e. The lowest BCUT2D eigenvalue weighted by Gasteiger charge is -2.40. The molecule has 138 valence electrons. The van der Waals surface area contributed by atoms with Crippen molar-refractivity contribution < 1.29 is 23.1 Å². The number of alkyl halides is 2. The van der Waals surface area contributed by atoms with Crippen molar-refractivity contribution in [1.82, 2.24) is 4.90 Å². The van der Waals surface area contributed by atoms with Crippen LogP contribution in [0, 0.1) is 0 Å². The van der Waals surface area contributed by atoms with E-state index in [1.165, 1.54) is 6.20 Å². The van der Waals surface area contributed by atoms with Crippen LogP contribution in [0.4, 0.5) is 8.78 Å². The molecule has 1 aliphatic heterocycles. The van der Waals surface area contributed by atoms with E-state index in [0.29, 0.717) is 25.6 Å². The summed E-state index contributed by atoms with van der Waals surface area (Å²) < 4.78 is 31.6. The molecule has 2 rings (SSSR count). The number of aliphatic imine (C=N–C) groups is 1. The summed E-state index contributed by atoms with van der Waals surface area (Å²) in [6.45, 7) is 0.557. The number of rotatable bonds is 7. The van der Waals surface area contributed by atoms with Crippen LogP contribution in [0.5, 0.6) is 0 Å². The molecule has 0 aromatic heterocycles. The molecule has 1 saturated heterocycles. The fourth-order valence-corrected chi connectivity index (χ4v) is 2.85. The largest absolute Gasteiger partial charge is 0.404 e. The molecule has 0 spiro atoms. The summed E-state index contributed by atoms with van der Waals surface area (Å²) in [6.07, 6.45) is 5.11. The molecule has 2 aliphatic rings. The summed E-state index contributed by atoms with van der Waals surface area (Å²) in [5.41, 5.74) is 5.76. The van der Waals surface area contributed by atoms with Gasteiger partial charge < -0.3 is 15.4 Å². The van der Waals surface area contributed by atoms with Crippen molar-refractivity contribution in [3.05, 3.63) is 23.5 Å². The number of carbonyl (C=O) groups excluding carboxylic acids is 2. The highest BCUT2D eigenvalue weighted by Gasteiger charge is 2.46. The Bertz CT molecular complexity index is 588. The molecule has 2 N–H and O–H groups in total. The van der Waals surface area contributed by atoms with E-state index in [9.17, 15) is 18.4 Å². The van der Waals surface area contributed by atoms with Crippen molar-refractivity contribution in [1.29, 1.82) is 0 Å². The molecule has 8 heteroatoms. The zero-order chi connectivity index (χ0) is 18.4. The van der Waals surface area contributed by atoms with Gasteiger partial charge in [0.1, 0.15) is 6.23 Å². The Kier molecular flexibility index (Phi) is 6.41. The molecule has 1 aliphatic carbocycles. The van der Waals surface area contributed by atoms with Gasteiger partial charge in [-0.05, 0) is 19.3 Å². The highest BCUT2D eigenvalue weighted by molar-refractivity contribution is 6.30. The third kappa shape index (κ3) is 4.94. The Morgan fingerprint density at radius 2 is 1.92 bits per heavy atom. The third-order valence-corrected chi connectivity index (χ3v) is 4.40. The molecule has 0 aromatic carbocycles. The molecule has 2 fully saturated rings. The van der Waals surface area contributed by atoms with Gasteiger partial charge in [0.2, 0.25) is 0 Å². The standard InChI is InChI=1S/C17H23F2N3O3/c1-22(14-6-17(18,19)7-14)9-13(11-24)16(12(8-20)10-23)21-15-4-2-3-5-25-15/h8-11,14-15H,2-7,20H2,1H3/b12-8-,13-9?,21-16-. The van der Waals surface area contributed by atoms with Crippen LogP contribution >= 0.6 is 0 Å². The lowest BCUT2D eigenvalue weighted by Crippen LogP contribution is -2.47. The second-order valence-electron chi connectivity index (χ2n) is 6.32. The van der Waals surface area contributed by atoms with Crippen molar-refractivity contribution in [2.45, 2.75) is 50.3 Å². The smallest absolute Gasteiger partial charge is 0.252 e. The second-order valence-corrected chi connectivity index (χ2v) is 6.32. The molecule has 0 bridgehead atoms. The molecule has 25 heavy (non-hydrogen) atoms. The normalized spacial score (nSPS) is 25.2. The number of hydrogen-bond donors (Lipinski definition) is 1. The van der Waals surface area contributed by atoms with E-state index < -0.39 is 12.2 Å². The van der Waals surface area contributed by atoms with Crippen LogP contribution in [-0.4, -0.2) is 55.0 Å². The highest BCUT2D eigenvalue weighted by Crippen LogP contribution is 2.40. The van der Waals surface area contributed by atoms with E-state index >= 15 is 0 Å². The summed E-state index contributed by atoms with van der Waals surface area (Å²) in [7, 11) is 1.62. The first-order valence-corrected chi connectivity index (χ1v) is 8.24. The van der Waals surface area contributed by atoms with Gasteiger partial charge in [-0.2, -0.15) is 0 Å². The summed E-state index contributed by atoms with van der Waals surface area (Å²) in [5, 5.41) is 0. The summed E-state index contributed by atoms with van der Waals surface area (Å²) in [4.78, 5) is 28.8. The van der Waals surface area contributed by atoms with E-state index in [1.54, 1.807) is 11.9 Å². The molecular formula is C17H23F2N3O3. The molecule has 1 heterocycles. The van der Waals surface area contributed by atoms with Gasteiger partial charge in [-0.25, -0.2) is 8.78 Å². The number of aldehydes is 2. The predicted octanol–water partition coefficient (Wildman–Crippen LogP) is 1.81. The van der Waals surface area contributed by atoms with Gasteiger partial charge in [0.25, 0.3) is 5.92 Å². The molecule has 1 saturated carbocycles. The predicted molar refractivity (Wildman–Crippen MR) is 89.2 cm³/mol. The van der Waals surface area contributed by atoms with Crippen LogP contribution < -0.4 is 5.73 Å². The Hall–Kier alpha value is -2.09. The molecule has 1 atom stereocenters. The van der Waals surface area contributed by atoms with Crippen LogP contribution in [0.3, 0.4) is 0 Å². The first-order chi connectivity index (χ1) is 11.9. The average molecular weight is 355 g/mol. The minimum absolute atomic E-state index is 0.0554. The summed E-state index contributed by atoms with van der Waals surface area (Å²) in [6, 6.07) is -0.362. The number of nitrogens with two attached hydrogens (primary N) is 1. The van der Waals surface area contributed by atoms with Crippen molar-refractivity contribution in [2.24, 2.45) is 10.7 Å². The fourth-order valence-electron chi connectivity index (χ4n) is 2.85. The van der Waals surface area contributed by atoms with Crippen molar-refractivity contribution >= 4 is 18.3 Å². The zero-order valence-electron chi connectivity index (χ0n) is 14.2. The molecule has 0 aromatic rings. The second kappa shape index (κ2) is 8.33. The number of nitrogens with zero attached hydrogens (tertiary/aromatic N) is 2. The highest BCUT2D eigenvalue weighted by atomic mass is 19.3. The quantitative estimate of drug-likeness (QED) is 0.428. The van der Waals surface area contributed by atoms with E-state index in [4.69, 9.17) is 10.5 Å². The maximum atomic E-state index is 13.0. The Labute approximate surface area is 145 Å². The van der Waals surface area contributed by atoms with Gasteiger partial charge >= 0.3 is 0 Å². The average Bonchev–Trinajstić information content (AvgIpc) is 2.58. The van der Waals surface area contributed by atoms with Gasteiger partial charge in [0.15, 0.2) is 12.6 Å². The van der Waals surface area contributed by atoms with Crippen LogP contribution in [0.15, 0.2) is 28.5 Å². The van der Waals surface area contributed by atoms with Crippen molar-refractivity contribution in [3.63, 3.8) is 0 Å². The first kappa shape index (κ1) is 19.2. The lowest BCUT2D eigenvalue weighted by molar-refractivity contribution is -0.112. The number of hydrogen-bond acceptors (Lipinski definition) is 6. The van der Waals surface area contributed by atoms with Crippen LogP contribution in [-0.2, 0) is 14.3 Å². The lowest BCUT2D eigenvalue weighted by atomic mass is 9.87. The Morgan fingerprint density at radius 1 is 1.24 bits per heavy atom. The van der Waals surface area contributed by atoms with E-state index in [2.05, 4.69) is 4.99 Å². The molecule has 0 radical (unpaired) electrons. The van der Waals surface area contributed by atoms with Gasteiger partial charge in [0, 0.05) is 44.9 Å². The van der Waals surface area contributed by atoms with Crippen LogP contribution in [0.2, 0.25) is 0 Å². The Morgan fingerprint density at radius 3 is 2.40 bits per heavy atom. The van der Waals surface area contributed by atoms with E-state index in [-0.39, 0.29) is 35.7 Å². The molecular weight excluding hydrogens is 332 g/mol. The summed E-state index contributed by atoms with van der Waals surface area (Å²) in [5.74, 6) is -2.66. The topological polar surface area (TPSA) is 85.0 Å². The summed E-state index contributed by atoms with van der Waals surface area (Å²) >= 11 is 0. The molecule has 1 unspecified atom stereocenters. The number of halogens is 2. The molecule has 6 nitrogen and oxygen atoms in total. The number of ether oxygens (including phenoxy) is 1. The third-order valence-electron chi connectivity index (χ3n) is 4.40. The minimum Gasteiger partial charge on any atom is -0.404 e. The SMILES string of the molecule is CN(C=C(C=O)C(=N\C1CCCCO1)/C(C=O)=C\N)C1CC(F)(F)C1. The molecule has 0 amide bonds. The number of carbonyl (C=O) groups is 2. The minimum atomic E-state index is -2.66. The van der Waals surface area contributed by atoms with E-state index in [0.717, 1.165) is 19.0 Å².